The number of benzene rings is 1. The topological polar surface area (TPSA) is 53.3 Å². The molecule has 0 atom stereocenters. The van der Waals surface area contributed by atoms with Crippen molar-refractivity contribution < 1.29 is 9.53 Å². The van der Waals surface area contributed by atoms with E-state index in [1.54, 1.807) is 4.90 Å². The van der Waals surface area contributed by atoms with Crippen LogP contribution in [0, 0.1) is 11.3 Å². The van der Waals surface area contributed by atoms with E-state index in [-0.39, 0.29) is 11.5 Å². The van der Waals surface area contributed by atoms with Crippen LogP contribution in [0.2, 0.25) is 5.02 Å². The Morgan fingerprint density at radius 2 is 1.88 bits per heavy atom. The van der Waals surface area contributed by atoms with Crippen LogP contribution in [0.1, 0.15) is 52.0 Å². The number of ether oxygens (including phenoxy) is 1. The number of hydrogen-bond donors (Lipinski definition) is 0. The van der Waals surface area contributed by atoms with E-state index in [2.05, 4.69) is 6.07 Å². The molecule has 1 aromatic rings. The molecule has 5 heteroatoms. The smallest absolute Gasteiger partial charge is 0.410 e. The standard InChI is InChI=1S/C19H25ClN2O2/c1-18(2,3)24-17(23)22-13-10-19(11-14-22,9-4-12-21)15-5-7-16(20)8-6-15/h5-8H,4,9-11,13-14H2,1-3H3. The van der Waals surface area contributed by atoms with Crippen molar-refractivity contribution in [3.63, 3.8) is 0 Å². The molecule has 4 nitrogen and oxygen atoms in total. The lowest BCUT2D eigenvalue weighted by Gasteiger charge is -2.42. The largest absolute Gasteiger partial charge is 0.444 e. The van der Waals surface area contributed by atoms with Gasteiger partial charge in [-0.1, -0.05) is 23.7 Å². The monoisotopic (exact) mass is 348 g/mol. The molecule has 1 aliphatic heterocycles. The zero-order valence-corrected chi connectivity index (χ0v) is 15.4. The van der Waals surface area contributed by atoms with E-state index >= 15 is 0 Å². The maximum Gasteiger partial charge on any atom is 0.410 e. The molecule has 1 aromatic carbocycles. The van der Waals surface area contributed by atoms with Crippen LogP contribution >= 0.6 is 11.6 Å². The highest BCUT2D eigenvalue weighted by molar-refractivity contribution is 6.30. The van der Waals surface area contributed by atoms with Gasteiger partial charge in [-0.15, -0.1) is 0 Å². The first-order chi connectivity index (χ1) is 11.3. The summed E-state index contributed by atoms with van der Waals surface area (Å²) >= 11 is 6.00. The minimum Gasteiger partial charge on any atom is -0.444 e. The molecule has 0 bridgehead atoms. The van der Waals surface area contributed by atoms with Gasteiger partial charge in [0.1, 0.15) is 5.60 Å². The number of halogens is 1. The SMILES string of the molecule is CC(C)(C)OC(=O)N1CCC(CCC#N)(c2ccc(Cl)cc2)CC1. The zero-order chi connectivity index (χ0) is 17.8. The highest BCUT2D eigenvalue weighted by Crippen LogP contribution is 2.40. The van der Waals surface area contributed by atoms with Gasteiger partial charge < -0.3 is 9.64 Å². The van der Waals surface area contributed by atoms with Crippen LogP contribution < -0.4 is 0 Å². The lowest BCUT2D eigenvalue weighted by atomic mass is 9.70. The fraction of sp³-hybridized carbons (Fsp3) is 0.579. The molecule has 130 valence electrons. The van der Waals surface area contributed by atoms with Gasteiger partial charge in [-0.25, -0.2) is 4.79 Å². The van der Waals surface area contributed by atoms with Crippen molar-refractivity contribution in [3.8, 4) is 6.07 Å². The van der Waals surface area contributed by atoms with E-state index in [1.165, 1.54) is 5.56 Å². The molecule has 2 rings (SSSR count). The molecule has 1 fully saturated rings. The Kier molecular flexibility index (Phi) is 5.77. The second-order valence-corrected chi connectivity index (χ2v) is 7.85. The summed E-state index contributed by atoms with van der Waals surface area (Å²) in [5.74, 6) is 0. The zero-order valence-electron chi connectivity index (χ0n) is 14.6. The van der Waals surface area contributed by atoms with Gasteiger partial charge in [0.2, 0.25) is 0 Å². The predicted octanol–water partition coefficient (Wildman–Crippen LogP) is 4.91. The number of carbonyl (C=O) groups is 1. The number of rotatable bonds is 3. The Bertz CT molecular complexity index is 606. The van der Waals surface area contributed by atoms with Crippen molar-refractivity contribution in [1.82, 2.24) is 4.90 Å². The van der Waals surface area contributed by atoms with Gasteiger partial charge >= 0.3 is 6.09 Å². The summed E-state index contributed by atoms with van der Waals surface area (Å²) in [6, 6.07) is 10.1. The van der Waals surface area contributed by atoms with E-state index in [0.29, 0.717) is 24.5 Å². The van der Waals surface area contributed by atoms with Gasteiger partial charge in [-0.2, -0.15) is 5.26 Å². The van der Waals surface area contributed by atoms with E-state index < -0.39 is 5.60 Å². The first kappa shape index (κ1) is 18.6. The normalized spacial score (nSPS) is 17.2. The second kappa shape index (κ2) is 7.44. The molecule has 1 aliphatic rings. The third kappa shape index (κ3) is 4.64. The fourth-order valence-corrected chi connectivity index (χ4v) is 3.35. The summed E-state index contributed by atoms with van der Waals surface area (Å²) in [6.45, 7) is 6.91. The molecule has 0 radical (unpaired) electrons. The third-order valence-electron chi connectivity index (χ3n) is 4.54. The van der Waals surface area contributed by atoms with Gasteiger partial charge in [0, 0.05) is 24.5 Å². The first-order valence-electron chi connectivity index (χ1n) is 8.37. The van der Waals surface area contributed by atoms with Gasteiger partial charge in [-0.3, -0.25) is 0 Å². The van der Waals surface area contributed by atoms with Crippen molar-refractivity contribution in [1.29, 1.82) is 5.26 Å². The van der Waals surface area contributed by atoms with Crippen molar-refractivity contribution in [2.75, 3.05) is 13.1 Å². The molecule has 1 saturated heterocycles. The highest BCUT2D eigenvalue weighted by Gasteiger charge is 2.38. The van der Waals surface area contributed by atoms with E-state index in [4.69, 9.17) is 21.6 Å². The lowest BCUT2D eigenvalue weighted by molar-refractivity contribution is 0.0159. The van der Waals surface area contributed by atoms with Crippen molar-refractivity contribution >= 4 is 17.7 Å². The van der Waals surface area contributed by atoms with E-state index in [0.717, 1.165) is 19.3 Å². The molecule has 0 spiro atoms. The number of amides is 1. The second-order valence-electron chi connectivity index (χ2n) is 7.41. The molecule has 0 aliphatic carbocycles. The molecule has 0 N–H and O–H groups in total. The molecule has 0 unspecified atom stereocenters. The summed E-state index contributed by atoms with van der Waals surface area (Å²) in [5.41, 5.74) is 0.646. The fourth-order valence-electron chi connectivity index (χ4n) is 3.23. The Hall–Kier alpha value is -1.73. The number of nitriles is 1. The maximum absolute atomic E-state index is 12.3. The number of hydrogen-bond acceptors (Lipinski definition) is 3. The van der Waals surface area contributed by atoms with Gasteiger partial charge in [-0.05, 0) is 63.1 Å². The summed E-state index contributed by atoms with van der Waals surface area (Å²) in [5, 5.41) is 9.72. The minimum absolute atomic E-state index is 0.0706. The van der Waals surface area contributed by atoms with Crippen molar-refractivity contribution in [2.45, 2.75) is 57.5 Å². The number of likely N-dealkylation sites (tertiary alicyclic amines) is 1. The Labute approximate surface area is 149 Å². The number of piperidine rings is 1. The number of carbonyl (C=O) groups excluding carboxylic acids is 1. The third-order valence-corrected chi connectivity index (χ3v) is 4.80. The Balaban J connectivity index is 2.11. The predicted molar refractivity (Wildman–Crippen MR) is 95.0 cm³/mol. The van der Waals surface area contributed by atoms with Gasteiger partial charge in [0.05, 0.1) is 6.07 Å². The molecular weight excluding hydrogens is 324 g/mol. The van der Waals surface area contributed by atoms with E-state index in [1.807, 2.05) is 45.0 Å². The molecule has 0 saturated carbocycles. The maximum atomic E-state index is 12.3. The van der Waals surface area contributed by atoms with Gasteiger partial charge in [0.25, 0.3) is 0 Å². The number of nitrogens with zero attached hydrogens (tertiary/aromatic N) is 2. The van der Waals surface area contributed by atoms with Crippen LogP contribution in [-0.4, -0.2) is 29.7 Å². The summed E-state index contributed by atoms with van der Waals surface area (Å²) in [7, 11) is 0. The molecule has 1 amide bonds. The Morgan fingerprint density at radius 3 is 2.38 bits per heavy atom. The minimum atomic E-state index is -0.484. The summed E-state index contributed by atoms with van der Waals surface area (Å²) in [4.78, 5) is 14.0. The van der Waals surface area contributed by atoms with Crippen LogP contribution in [0.4, 0.5) is 4.79 Å². The first-order valence-corrected chi connectivity index (χ1v) is 8.74. The summed E-state index contributed by atoms with van der Waals surface area (Å²) < 4.78 is 5.47. The van der Waals surface area contributed by atoms with Crippen LogP contribution in [0.25, 0.3) is 0 Å². The Morgan fingerprint density at radius 1 is 1.29 bits per heavy atom. The van der Waals surface area contributed by atoms with E-state index in [9.17, 15) is 4.79 Å². The average Bonchev–Trinajstić information content (AvgIpc) is 2.52. The average molecular weight is 349 g/mol. The van der Waals surface area contributed by atoms with Crippen LogP contribution in [0.15, 0.2) is 24.3 Å². The highest BCUT2D eigenvalue weighted by atomic mass is 35.5. The van der Waals surface area contributed by atoms with Crippen molar-refractivity contribution in [3.05, 3.63) is 34.9 Å². The van der Waals surface area contributed by atoms with Crippen LogP contribution in [-0.2, 0) is 10.2 Å². The molecule has 24 heavy (non-hydrogen) atoms. The van der Waals surface area contributed by atoms with Crippen LogP contribution in [0.5, 0.6) is 0 Å². The quantitative estimate of drug-likeness (QED) is 0.779. The van der Waals surface area contributed by atoms with Gasteiger partial charge in [0.15, 0.2) is 0 Å². The lowest BCUT2D eigenvalue weighted by Crippen LogP contribution is -2.46. The molecule has 1 heterocycles. The summed E-state index contributed by atoms with van der Waals surface area (Å²) in [6.07, 6.45) is 2.71. The molecular formula is C19H25ClN2O2. The van der Waals surface area contributed by atoms with Crippen molar-refractivity contribution in [2.24, 2.45) is 0 Å². The molecule has 0 aromatic heterocycles. The van der Waals surface area contributed by atoms with Crippen LogP contribution in [0.3, 0.4) is 0 Å².